The summed E-state index contributed by atoms with van der Waals surface area (Å²) in [7, 11) is 1.68. The molecular formula is C24H30LrN3O3S-. The van der Waals surface area contributed by atoms with E-state index in [0.29, 0.717) is 12.2 Å². The monoisotopic (exact) mass is 702 g/mol. The van der Waals surface area contributed by atoms with E-state index in [1.165, 1.54) is 5.56 Å². The normalized spacial score (nSPS) is 23.8. The molecule has 6 nitrogen and oxygen atoms in total. The van der Waals surface area contributed by atoms with E-state index in [1.54, 1.807) is 13.3 Å². The van der Waals surface area contributed by atoms with Crippen LogP contribution in [0.1, 0.15) is 48.3 Å². The number of amides is 1. The average molecular weight is 703 g/mol. The van der Waals surface area contributed by atoms with E-state index >= 15 is 0 Å². The summed E-state index contributed by atoms with van der Waals surface area (Å²) >= 11 is 5.54. The number of morpholine rings is 1. The summed E-state index contributed by atoms with van der Waals surface area (Å²) in [6.45, 7) is 7.32. The predicted octanol–water partition coefficient (Wildman–Crippen LogP) is 3.39. The Morgan fingerprint density at radius 3 is 2.75 bits per heavy atom. The summed E-state index contributed by atoms with van der Waals surface area (Å²) in [5, 5.41) is 3.24. The largest absolute Gasteiger partial charge is 0.756 e. The van der Waals surface area contributed by atoms with Crippen molar-refractivity contribution in [1.29, 1.82) is 0 Å². The van der Waals surface area contributed by atoms with Crippen molar-refractivity contribution in [3.63, 3.8) is 0 Å². The number of hydrogen-bond acceptors (Lipinski definition) is 6. The maximum Gasteiger partial charge on any atom is 0.270 e. The third kappa shape index (κ3) is 5.14. The van der Waals surface area contributed by atoms with Crippen LogP contribution in [0, 0.1) is 6.92 Å². The van der Waals surface area contributed by atoms with Crippen LogP contribution in [0.15, 0.2) is 36.5 Å². The predicted molar refractivity (Wildman–Crippen MR) is 124 cm³/mol. The van der Waals surface area contributed by atoms with Crippen molar-refractivity contribution in [3.8, 4) is 5.75 Å². The molecule has 1 amide bonds. The number of nitrogens with zero attached hydrogens (tertiary/aromatic N) is 2. The molecule has 2 aliphatic rings. The molecule has 0 spiro atoms. The molecule has 1 aromatic carbocycles. The number of hydrogen-bond donors (Lipinski definition) is 1. The van der Waals surface area contributed by atoms with Crippen LogP contribution in [-0.4, -0.2) is 47.7 Å². The molecule has 1 aliphatic heterocycles. The molecule has 1 saturated heterocycles. The van der Waals surface area contributed by atoms with Gasteiger partial charge in [0.2, 0.25) is 0 Å². The molecule has 2 aromatic rings. The number of rotatable bonds is 6. The first-order valence-electron chi connectivity index (χ1n) is 10.7. The van der Waals surface area contributed by atoms with E-state index in [4.69, 9.17) is 22.1 Å². The summed E-state index contributed by atoms with van der Waals surface area (Å²) < 4.78 is 11.4. The number of ether oxygens (including phenoxy) is 2. The quantitative estimate of drug-likeness (QED) is 0.467. The van der Waals surface area contributed by atoms with Gasteiger partial charge in [-0.25, -0.2) is 0 Å². The second-order valence-corrected chi connectivity index (χ2v) is 9.93. The fourth-order valence-electron chi connectivity index (χ4n) is 4.37. The fraction of sp³-hybridized carbons (Fsp3) is 0.500. The maximum atomic E-state index is 13.1. The first-order valence-corrected chi connectivity index (χ1v) is 11.1. The van der Waals surface area contributed by atoms with Gasteiger partial charge in [0.05, 0.1) is 13.2 Å². The molecule has 8 heteroatoms. The van der Waals surface area contributed by atoms with Gasteiger partial charge in [-0.15, -0.1) is 0 Å². The summed E-state index contributed by atoms with van der Waals surface area (Å²) in [4.78, 5) is 18.9. The summed E-state index contributed by atoms with van der Waals surface area (Å²) in [5.41, 5.74) is 3.43. The van der Waals surface area contributed by atoms with Gasteiger partial charge in [-0.3, -0.25) is 9.78 Å². The molecule has 181 valence electrons. The molecule has 32 heavy (non-hydrogen) atoms. The molecule has 1 radical (unpaired) electrons. The van der Waals surface area contributed by atoms with E-state index in [9.17, 15) is 4.79 Å². The third-order valence-corrected chi connectivity index (χ3v) is 6.17. The number of methoxy groups -OCH3 is 1. The van der Waals surface area contributed by atoms with Crippen LogP contribution in [0.5, 0.6) is 5.75 Å². The molecular weight excluding hydrogens is 672 g/mol. The van der Waals surface area contributed by atoms with E-state index in [-0.39, 0.29) is 17.6 Å². The molecule has 0 bridgehead atoms. The van der Waals surface area contributed by atoms with E-state index in [2.05, 4.69) is 28.2 Å². The van der Waals surface area contributed by atoms with Crippen molar-refractivity contribution in [1.82, 2.24) is 10.3 Å². The number of carbonyl (C=O) groups excluding carboxylic acids is 1. The maximum absolute atomic E-state index is 13.1. The minimum atomic E-state index is -0.645. The van der Waals surface area contributed by atoms with Crippen LogP contribution in [-0.2, 0) is 23.8 Å². The van der Waals surface area contributed by atoms with Gasteiger partial charge in [0, 0.05) is 30.5 Å². The number of pyridine rings is 1. The molecule has 1 saturated carbocycles. The van der Waals surface area contributed by atoms with Gasteiger partial charge in [-0.2, -0.15) is 0 Å². The van der Waals surface area contributed by atoms with Gasteiger partial charge < -0.3 is 32.3 Å². The van der Waals surface area contributed by atoms with Crippen molar-refractivity contribution in [2.24, 2.45) is 0 Å². The van der Waals surface area contributed by atoms with Gasteiger partial charge in [-0.05, 0) is 61.8 Å². The number of benzene rings is 1. The van der Waals surface area contributed by atoms with Gasteiger partial charge >= 0.3 is 0 Å². The van der Waals surface area contributed by atoms with Crippen molar-refractivity contribution in [2.45, 2.75) is 56.6 Å². The van der Waals surface area contributed by atoms with Gasteiger partial charge in [0.25, 0.3) is 5.91 Å². The molecule has 1 aromatic heterocycles. The van der Waals surface area contributed by atoms with Gasteiger partial charge in [0.15, 0.2) is 0 Å². The molecule has 2 heterocycles. The Balaban J connectivity index is 0.00000289. The van der Waals surface area contributed by atoms with Crippen LogP contribution in [0.25, 0.3) is 0 Å². The van der Waals surface area contributed by atoms with Crippen molar-refractivity contribution in [3.05, 3.63) is 53.3 Å². The summed E-state index contributed by atoms with van der Waals surface area (Å²) in [6, 6.07) is 9.93. The van der Waals surface area contributed by atoms with Crippen molar-refractivity contribution < 1.29 is 14.3 Å². The first-order chi connectivity index (χ1) is 14.7. The number of carbonyl (C=O) groups is 1. The van der Waals surface area contributed by atoms with Crippen LogP contribution in [0.3, 0.4) is 0 Å². The topological polar surface area (TPSA) is 63.7 Å². The second kappa shape index (κ2) is 8.71. The van der Waals surface area contributed by atoms with Gasteiger partial charge in [-0.1, -0.05) is 24.6 Å². The Bertz CT molecular complexity index is 981. The Morgan fingerprint density at radius 1 is 1.34 bits per heavy atom. The zero-order valence-electron chi connectivity index (χ0n) is 18.9. The molecule has 0 unspecified atom stereocenters. The summed E-state index contributed by atoms with van der Waals surface area (Å²) in [6.07, 6.45) is 4.36. The van der Waals surface area contributed by atoms with Crippen molar-refractivity contribution in [2.75, 3.05) is 25.1 Å². The molecule has 2 atom stereocenters. The molecule has 2 fully saturated rings. The van der Waals surface area contributed by atoms with Crippen LogP contribution in [0.4, 0.5) is 5.69 Å². The second-order valence-electron chi connectivity index (χ2n) is 9.07. The SMILES string of the molecule is COc1ccc(C)cc1CC1(NC(=O)c2cc(N3C[C@H](C)O[C@](C)([S-])C3)ccn2)CC1.[Lr]. The minimum Gasteiger partial charge on any atom is -0.756 e. The van der Waals surface area contributed by atoms with E-state index < -0.39 is 4.93 Å². The number of anilines is 1. The van der Waals surface area contributed by atoms with E-state index in [1.807, 2.05) is 38.1 Å². The van der Waals surface area contributed by atoms with Crippen LogP contribution < -0.4 is 15.0 Å². The molecule has 1 aliphatic carbocycles. The average Bonchev–Trinajstić information content (AvgIpc) is 3.45. The van der Waals surface area contributed by atoms with Crippen LogP contribution in [0.2, 0.25) is 0 Å². The molecule has 4 rings (SSSR count). The minimum absolute atomic E-state index is 0. The Morgan fingerprint density at radius 2 is 2.09 bits per heavy atom. The third-order valence-electron chi connectivity index (χ3n) is 5.94. The fourth-order valence-corrected chi connectivity index (χ4v) is 4.69. The summed E-state index contributed by atoms with van der Waals surface area (Å²) in [5.74, 6) is 0.716. The van der Waals surface area contributed by atoms with Crippen LogP contribution >= 0.6 is 0 Å². The Kier molecular flexibility index (Phi) is 6.37. The number of aromatic nitrogens is 1. The Hall–Kier alpha value is -3.25. The van der Waals surface area contributed by atoms with E-state index in [0.717, 1.165) is 42.8 Å². The number of nitrogens with one attached hydrogen (secondary N) is 1. The zero-order chi connectivity index (χ0) is 22.2. The Labute approximate surface area is 189 Å². The van der Waals surface area contributed by atoms with Gasteiger partial charge in [0.1, 0.15) is 11.4 Å². The first kappa shape index (κ1) is 23.4. The smallest absolute Gasteiger partial charge is 0.270 e. The number of aryl methyl sites for hydroxylation is 1. The molecule has 1 N–H and O–H groups in total. The standard InChI is InChI=1S/C24H31N3O3S.Lr/c1-16-5-6-21(29-4)18(11-16)13-24(8-9-24)26-22(28)20-12-19(7-10-25-20)27-14-17(2)30-23(3,31)15-27;/h5-7,10-12,17,31H,8-9,13-15H2,1-4H3,(H,26,28);/p-1/t17-,23+;/m0./s1. The zero-order valence-corrected chi connectivity index (χ0v) is 21.8. The van der Waals surface area contributed by atoms with Crippen molar-refractivity contribution >= 4 is 24.2 Å².